The van der Waals surface area contributed by atoms with Crippen LogP contribution in [-0.4, -0.2) is 116 Å². The molecule has 0 amide bonds. The van der Waals surface area contributed by atoms with E-state index in [-0.39, 0.29) is 17.7 Å². The molecule has 0 heterocycles. The second-order valence-electron chi connectivity index (χ2n) is 9.05. The third-order valence-electron chi connectivity index (χ3n) is 5.50. The maximum Gasteiger partial charge on any atom is 0.332 e. The molecular weight excluding hydrogens is 540 g/mol. The van der Waals surface area contributed by atoms with Crippen molar-refractivity contribution in [1.29, 1.82) is 0 Å². The van der Waals surface area contributed by atoms with E-state index in [9.17, 15) is 9.59 Å². The van der Waals surface area contributed by atoms with Crippen LogP contribution in [0.15, 0.2) is 0 Å². The van der Waals surface area contributed by atoms with Crippen molar-refractivity contribution >= 4 is 22.8 Å². The first-order valence-electron chi connectivity index (χ1n) is 15.0. The molecule has 10 nitrogen and oxygen atoms in total. The Kier molecular flexibility index (Phi) is 33.7. The summed E-state index contributed by atoms with van der Waals surface area (Å²) >= 11 is 1.44. The average Bonchev–Trinajstić information content (AvgIpc) is 2.93. The van der Waals surface area contributed by atoms with Gasteiger partial charge in [-0.05, 0) is 19.8 Å². The molecule has 0 radical (unpaired) electrons. The van der Waals surface area contributed by atoms with E-state index in [2.05, 4.69) is 0 Å². The Labute approximate surface area is 246 Å². The molecule has 40 heavy (non-hydrogen) atoms. The molecule has 0 saturated heterocycles. The summed E-state index contributed by atoms with van der Waals surface area (Å²) in [4.78, 5) is 21.9. The number of hydrogen-bond acceptors (Lipinski definition) is 11. The molecule has 0 aromatic heterocycles. The number of thioether (sulfide) groups is 1. The number of rotatable bonds is 33. The highest BCUT2D eigenvalue weighted by Gasteiger charge is 2.01. The van der Waals surface area contributed by atoms with Crippen LogP contribution in [0.2, 0.25) is 0 Å². The molecule has 0 bridgehead atoms. The predicted molar refractivity (Wildman–Crippen MR) is 157 cm³/mol. The SMILES string of the molecule is CCOC(=O)COCCOCCOCCOCCOCCOCCOCCCCCCCCCCCSC(C)=O. The Morgan fingerprint density at radius 3 is 1.23 bits per heavy atom. The molecule has 0 spiro atoms. The molecule has 0 aromatic rings. The summed E-state index contributed by atoms with van der Waals surface area (Å²) in [6.07, 6.45) is 11.2. The summed E-state index contributed by atoms with van der Waals surface area (Å²) in [6.45, 7) is 10.5. The van der Waals surface area contributed by atoms with Gasteiger partial charge in [0.2, 0.25) is 0 Å². The molecule has 11 heteroatoms. The second kappa shape index (κ2) is 34.4. The van der Waals surface area contributed by atoms with E-state index in [1.807, 2.05) is 0 Å². The minimum absolute atomic E-state index is 0.0506. The number of hydrogen-bond donors (Lipinski definition) is 0. The van der Waals surface area contributed by atoms with Crippen LogP contribution < -0.4 is 0 Å². The lowest BCUT2D eigenvalue weighted by atomic mass is 10.1. The molecule has 0 aromatic carbocycles. The third-order valence-corrected chi connectivity index (χ3v) is 6.39. The third kappa shape index (κ3) is 35.2. The van der Waals surface area contributed by atoms with Crippen molar-refractivity contribution in [2.24, 2.45) is 0 Å². The smallest absolute Gasteiger partial charge is 0.332 e. The van der Waals surface area contributed by atoms with Crippen molar-refractivity contribution in [3.8, 4) is 0 Å². The van der Waals surface area contributed by atoms with Gasteiger partial charge in [0.05, 0.1) is 85.9 Å². The van der Waals surface area contributed by atoms with Gasteiger partial charge in [0.25, 0.3) is 0 Å². The fourth-order valence-corrected chi connectivity index (χ4v) is 4.07. The molecule has 238 valence electrons. The van der Waals surface area contributed by atoms with Crippen LogP contribution in [-0.2, 0) is 47.5 Å². The fraction of sp³-hybridized carbons (Fsp3) is 0.931. The first-order chi connectivity index (χ1) is 19.7. The molecule has 0 unspecified atom stereocenters. The fourth-order valence-electron chi connectivity index (χ4n) is 3.44. The highest BCUT2D eigenvalue weighted by atomic mass is 32.2. The molecule has 0 saturated carbocycles. The van der Waals surface area contributed by atoms with Crippen LogP contribution in [0.25, 0.3) is 0 Å². The quantitative estimate of drug-likeness (QED) is 0.0792. The summed E-state index contributed by atoms with van der Waals surface area (Å²) in [5, 5.41) is 0.230. The monoisotopic (exact) mass is 596 g/mol. The summed E-state index contributed by atoms with van der Waals surface area (Å²) in [5.74, 6) is 0.608. The summed E-state index contributed by atoms with van der Waals surface area (Å²) in [6, 6.07) is 0. The maximum absolute atomic E-state index is 11.1. The van der Waals surface area contributed by atoms with Gasteiger partial charge in [-0.15, -0.1) is 0 Å². The number of carbonyl (C=O) groups excluding carboxylic acids is 2. The Balaban J connectivity index is 3.06. The van der Waals surface area contributed by atoms with Crippen molar-refractivity contribution in [2.75, 3.05) is 105 Å². The van der Waals surface area contributed by atoms with Crippen molar-refractivity contribution in [1.82, 2.24) is 0 Å². The van der Waals surface area contributed by atoms with Crippen LogP contribution in [0, 0.1) is 0 Å². The minimum atomic E-state index is -0.366. The number of carbonyl (C=O) groups is 2. The van der Waals surface area contributed by atoms with Gasteiger partial charge in [0, 0.05) is 19.3 Å². The Hall–Kier alpha value is -0.790. The molecule has 0 rings (SSSR count). The van der Waals surface area contributed by atoms with E-state index < -0.39 is 0 Å². The van der Waals surface area contributed by atoms with Gasteiger partial charge < -0.3 is 37.9 Å². The molecule has 0 aliphatic rings. The minimum Gasteiger partial charge on any atom is -0.464 e. The van der Waals surface area contributed by atoms with Crippen LogP contribution in [0.5, 0.6) is 0 Å². The average molecular weight is 597 g/mol. The molecule has 0 fully saturated rings. The van der Waals surface area contributed by atoms with Crippen LogP contribution in [0.4, 0.5) is 0 Å². The molecule has 0 atom stereocenters. The largest absolute Gasteiger partial charge is 0.464 e. The summed E-state index contributed by atoms with van der Waals surface area (Å²) < 4.78 is 42.7. The number of ether oxygens (including phenoxy) is 8. The van der Waals surface area contributed by atoms with Crippen molar-refractivity contribution in [2.45, 2.75) is 71.6 Å². The molecule has 0 aliphatic carbocycles. The van der Waals surface area contributed by atoms with Gasteiger partial charge in [-0.25, -0.2) is 4.79 Å². The molecule has 0 aliphatic heterocycles. The second-order valence-corrected chi connectivity index (χ2v) is 10.3. The van der Waals surface area contributed by atoms with E-state index >= 15 is 0 Å². The van der Waals surface area contributed by atoms with E-state index in [1.54, 1.807) is 13.8 Å². The summed E-state index contributed by atoms with van der Waals surface area (Å²) in [7, 11) is 0. The zero-order chi connectivity index (χ0) is 29.2. The topological polar surface area (TPSA) is 108 Å². The normalized spacial score (nSPS) is 11.2. The van der Waals surface area contributed by atoms with Crippen molar-refractivity contribution < 1.29 is 47.5 Å². The van der Waals surface area contributed by atoms with Crippen LogP contribution in [0.1, 0.15) is 71.6 Å². The molecular formula is C29H56O10S. The highest BCUT2D eigenvalue weighted by Crippen LogP contribution is 2.12. The van der Waals surface area contributed by atoms with E-state index in [4.69, 9.17) is 37.9 Å². The lowest BCUT2D eigenvalue weighted by Gasteiger charge is -2.08. The number of unbranched alkanes of at least 4 members (excludes halogenated alkanes) is 8. The first-order valence-corrected chi connectivity index (χ1v) is 16.0. The van der Waals surface area contributed by atoms with Gasteiger partial charge >= 0.3 is 5.97 Å². The van der Waals surface area contributed by atoms with E-state index in [0.29, 0.717) is 85.9 Å². The standard InChI is InChI=1S/C29H56O10S/c1-3-39-29(31)27-38-25-24-37-23-22-36-21-20-35-19-18-34-17-16-33-15-14-32-13-11-9-7-5-4-6-8-10-12-26-40-28(2)30/h3-27H2,1-2H3. The Bertz CT molecular complexity index is 539. The van der Waals surface area contributed by atoms with Crippen LogP contribution >= 0.6 is 11.8 Å². The van der Waals surface area contributed by atoms with Gasteiger partial charge in [-0.1, -0.05) is 56.7 Å². The lowest BCUT2D eigenvalue weighted by molar-refractivity contribution is -0.149. The van der Waals surface area contributed by atoms with Crippen LogP contribution in [0.3, 0.4) is 0 Å². The Morgan fingerprint density at radius 1 is 0.475 bits per heavy atom. The first kappa shape index (κ1) is 39.2. The lowest BCUT2D eigenvalue weighted by Crippen LogP contribution is -2.16. The van der Waals surface area contributed by atoms with E-state index in [1.165, 1.54) is 56.7 Å². The zero-order valence-electron chi connectivity index (χ0n) is 25.2. The zero-order valence-corrected chi connectivity index (χ0v) is 26.0. The van der Waals surface area contributed by atoms with Crippen molar-refractivity contribution in [3.05, 3.63) is 0 Å². The van der Waals surface area contributed by atoms with Gasteiger partial charge in [0.15, 0.2) is 5.12 Å². The van der Waals surface area contributed by atoms with E-state index in [0.717, 1.165) is 25.2 Å². The predicted octanol–water partition coefficient (Wildman–Crippen LogP) is 4.46. The van der Waals surface area contributed by atoms with Crippen molar-refractivity contribution in [3.63, 3.8) is 0 Å². The molecule has 0 N–H and O–H groups in total. The van der Waals surface area contributed by atoms with Gasteiger partial charge in [-0.3, -0.25) is 4.79 Å². The van der Waals surface area contributed by atoms with Gasteiger partial charge in [-0.2, -0.15) is 0 Å². The number of esters is 1. The van der Waals surface area contributed by atoms with Gasteiger partial charge in [0.1, 0.15) is 6.61 Å². The summed E-state index contributed by atoms with van der Waals surface area (Å²) in [5.41, 5.74) is 0. The maximum atomic E-state index is 11.1. The highest BCUT2D eigenvalue weighted by molar-refractivity contribution is 8.13. The Morgan fingerprint density at radius 2 is 0.825 bits per heavy atom.